The summed E-state index contributed by atoms with van der Waals surface area (Å²) in [5.41, 5.74) is -1.17. The number of ether oxygens (including phenoxy) is 1. The van der Waals surface area contributed by atoms with E-state index >= 15 is 0 Å². The highest BCUT2D eigenvalue weighted by Gasteiger charge is 2.31. The summed E-state index contributed by atoms with van der Waals surface area (Å²) in [4.78, 5) is 26.6. The van der Waals surface area contributed by atoms with Crippen LogP contribution < -0.4 is 16.0 Å². The largest absolute Gasteiger partial charge is 0.573 e. The van der Waals surface area contributed by atoms with Crippen LogP contribution in [0.4, 0.5) is 13.2 Å². The van der Waals surface area contributed by atoms with Crippen LogP contribution in [0.25, 0.3) is 11.1 Å². The first-order valence-corrected chi connectivity index (χ1v) is 5.03. The lowest BCUT2D eigenvalue weighted by Crippen LogP contribution is -2.22. The van der Waals surface area contributed by atoms with E-state index in [1.54, 1.807) is 0 Å². The standard InChI is InChI=1S/C11H7F3N2O3/c12-11(13,14)19-7-3-1-2-6(4-7)8-5-15-10(18)16-9(8)17/h1-5H,(H2,15,16,17,18). The average molecular weight is 272 g/mol. The summed E-state index contributed by atoms with van der Waals surface area (Å²) in [5, 5.41) is 0. The van der Waals surface area contributed by atoms with E-state index in [2.05, 4.69) is 9.72 Å². The summed E-state index contributed by atoms with van der Waals surface area (Å²) in [6.07, 6.45) is -3.69. The van der Waals surface area contributed by atoms with Crippen LogP contribution in [0.15, 0.2) is 40.1 Å². The molecule has 1 aromatic heterocycles. The highest BCUT2D eigenvalue weighted by atomic mass is 19.4. The number of halogens is 3. The Kier molecular flexibility index (Phi) is 3.16. The van der Waals surface area contributed by atoms with E-state index in [9.17, 15) is 22.8 Å². The predicted octanol–water partition coefficient (Wildman–Crippen LogP) is 1.63. The summed E-state index contributed by atoms with van der Waals surface area (Å²) >= 11 is 0. The predicted molar refractivity (Wildman–Crippen MR) is 59.8 cm³/mol. The number of aromatic amines is 2. The van der Waals surface area contributed by atoms with E-state index in [0.717, 1.165) is 18.3 Å². The number of aromatic nitrogens is 2. The van der Waals surface area contributed by atoms with Crippen molar-refractivity contribution in [2.45, 2.75) is 6.36 Å². The maximum absolute atomic E-state index is 12.1. The van der Waals surface area contributed by atoms with E-state index in [4.69, 9.17) is 0 Å². The Hall–Kier alpha value is -2.51. The van der Waals surface area contributed by atoms with E-state index in [0.29, 0.717) is 0 Å². The van der Waals surface area contributed by atoms with Crippen LogP contribution >= 0.6 is 0 Å². The first-order chi connectivity index (χ1) is 8.85. The van der Waals surface area contributed by atoms with E-state index in [1.165, 1.54) is 12.1 Å². The van der Waals surface area contributed by atoms with Crippen LogP contribution in [0, 0.1) is 0 Å². The van der Waals surface area contributed by atoms with Crippen LogP contribution in [0.2, 0.25) is 0 Å². The Morgan fingerprint density at radius 2 is 1.89 bits per heavy atom. The molecule has 0 atom stereocenters. The Morgan fingerprint density at radius 3 is 2.53 bits per heavy atom. The number of H-pyrrole nitrogens is 2. The molecule has 0 aliphatic rings. The van der Waals surface area contributed by atoms with Crippen molar-refractivity contribution in [2.24, 2.45) is 0 Å². The number of hydrogen-bond acceptors (Lipinski definition) is 3. The van der Waals surface area contributed by atoms with Crippen molar-refractivity contribution in [3.8, 4) is 16.9 Å². The van der Waals surface area contributed by atoms with Crippen molar-refractivity contribution in [3.63, 3.8) is 0 Å². The molecule has 8 heteroatoms. The molecule has 1 aromatic carbocycles. The van der Waals surface area contributed by atoms with Crippen LogP contribution in [0.5, 0.6) is 5.75 Å². The SMILES string of the molecule is O=c1[nH]cc(-c2cccc(OC(F)(F)F)c2)c(=O)[nH]1. The molecule has 100 valence electrons. The summed E-state index contributed by atoms with van der Waals surface area (Å²) in [6.45, 7) is 0. The maximum atomic E-state index is 12.1. The molecular formula is C11H7F3N2O3. The first-order valence-electron chi connectivity index (χ1n) is 5.03. The van der Waals surface area contributed by atoms with Crippen molar-refractivity contribution in [2.75, 3.05) is 0 Å². The van der Waals surface area contributed by atoms with Crippen molar-refractivity contribution in [1.82, 2.24) is 9.97 Å². The third kappa shape index (κ3) is 3.24. The van der Waals surface area contributed by atoms with Crippen molar-refractivity contribution in [1.29, 1.82) is 0 Å². The topological polar surface area (TPSA) is 75.0 Å². The van der Waals surface area contributed by atoms with Gasteiger partial charge in [-0.3, -0.25) is 9.78 Å². The molecule has 0 amide bonds. The third-order valence-corrected chi connectivity index (χ3v) is 2.20. The summed E-state index contributed by atoms with van der Waals surface area (Å²) < 4.78 is 40.0. The molecule has 0 saturated heterocycles. The number of rotatable bonds is 2. The molecule has 2 aromatic rings. The second-order valence-electron chi connectivity index (χ2n) is 3.56. The maximum Gasteiger partial charge on any atom is 0.573 e. The minimum Gasteiger partial charge on any atom is -0.406 e. The fraction of sp³-hybridized carbons (Fsp3) is 0.0909. The molecule has 0 saturated carbocycles. The van der Waals surface area contributed by atoms with Crippen LogP contribution in [0.3, 0.4) is 0 Å². The fourth-order valence-corrected chi connectivity index (χ4v) is 1.48. The summed E-state index contributed by atoms with van der Waals surface area (Å²) in [7, 11) is 0. The molecule has 0 aliphatic carbocycles. The lowest BCUT2D eigenvalue weighted by molar-refractivity contribution is -0.274. The molecular weight excluding hydrogens is 265 g/mol. The van der Waals surface area contributed by atoms with Gasteiger partial charge in [-0.1, -0.05) is 12.1 Å². The van der Waals surface area contributed by atoms with E-state index < -0.39 is 23.4 Å². The lowest BCUT2D eigenvalue weighted by atomic mass is 10.1. The average Bonchev–Trinajstić information content (AvgIpc) is 2.26. The van der Waals surface area contributed by atoms with Crippen molar-refractivity contribution < 1.29 is 17.9 Å². The third-order valence-electron chi connectivity index (χ3n) is 2.20. The second kappa shape index (κ2) is 4.63. The number of nitrogens with one attached hydrogen (secondary N) is 2. The Labute approximate surface area is 103 Å². The number of hydrogen-bond donors (Lipinski definition) is 2. The van der Waals surface area contributed by atoms with Gasteiger partial charge in [0, 0.05) is 6.20 Å². The molecule has 2 rings (SSSR count). The van der Waals surface area contributed by atoms with Gasteiger partial charge in [0.05, 0.1) is 5.56 Å². The van der Waals surface area contributed by atoms with Gasteiger partial charge in [0.25, 0.3) is 5.56 Å². The Bertz CT molecular complexity index is 703. The van der Waals surface area contributed by atoms with Gasteiger partial charge in [0.15, 0.2) is 0 Å². The molecule has 0 unspecified atom stereocenters. The van der Waals surface area contributed by atoms with Crippen molar-refractivity contribution >= 4 is 0 Å². The molecule has 0 fully saturated rings. The molecule has 1 heterocycles. The monoisotopic (exact) mass is 272 g/mol. The minimum absolute atomic E-state index is 0.0345. The van der Waals surface area contributed by atoms with Gasteiger partial charge in [-0.2, -0.15) is 0 Å². The zero-order valence-electron chi connectivity index (χ0n) is 9.25. The summed E-state index contributed by atoms with van der Waals surface area (Å²) in [6, 6.07) is 4.89. The normalized spacial score (nSPS) is 11.3. The number of benzene rings is 1. The zero-order chi connectivity index (χ0) is 14.0. The minimum atomic E-state index is -4.81. The van der Waals surface area contributed by atoms with Gasteiger partial charge in [0.1, 0.15) is 5.75 Å². The van der Waals surface area contributed by atoms with Gasteiger partial charge >= 0.3 is 12.1 Å². The lowest BCUT2D eigenvalue weighted by Gasteiger charge is -2.09. The molecule has 0 radical (unpaired) electrons. The molecule has 0 bridgehead atoms. The fourth-order valence-electron chi connectivity index (χ4n) is 1.48. The van der Waals surface area contributed by atoms with Gasteiger partial charge in [-0.25, -0.2) is 4.79 Å². The van der Waals surface area contributed by atoms with Crippen LogP contribution in [0.1, 0.15) is 0 Å². The van der Waals surface area contributed by atoms with Crippen LogP contribution in [-0.2, 0) is 0 Å². The Balaban J connectivity index is 2.43. The molecule has 2 N–H and O–H groups in total. The van der Waals surface area contributed by atoms with Crippen LogP contribution in [-0.4, -0.2) is 16.3 Å². The summed E-state index contributed by atoms with van der Waals surface area (Å²) in [5.74, 6) is -0.449. The number of alkyl halides is 3. The quantitative estimate of drug-likeness (QED) is 0.872. The smallest absolute Gasteiger partial charge is 0.406 e. The van der Waals surface area contributed by atoms with E-state index in [1.807, 2.05) is 4.98 Å². The van der Waals surface area contributed by atoms with Gasteiger partial charge in [-0.15, -0.1) is 13.2 Å². The highest BCUT2D eigenvalue weighted by Crippen LogP contribution is 2.26. The first kappa shape index (κ1) is 12.9. The van der Waals surface area contributed by atoms with Gasteiger partial charge in [-0.05, 0) is 17.7 Å². The molecule has 0 aliphatic heterocycles. The van der Waals surface area contributed by atoms with E-state index in [-0.39, 0.29) is 11.1 Å². The van der Waals surface area contributed by atoms with Crippen molar-refractivity contribution in [3.05, 3.63) is 51.3 Å². The van der Waals surface area contributed by atoms with Gasteiger partial charge in [0.2, 0.25) is 0 Å². The van der Waals surface area contributed by atoms with Gasteiger partial charge < -0.3 is 9.72 Å². The Morgan fingerprint density at radius 1 is 1.16 bits per heavy atom. The second-order valence-corrected chi connectivity index (χ2v) is 3.56. The molecule has 19 heavy (non-hydrogen) atoms. The molecule has 0 spiro atoms. The zero-order valence-corrected chi connectivity index (χ0v) is 9.25. The molecule has 5 nitrogen and oxygen atoms in total. The highest BCUT2D eigenvalue weighted by molar-refractivity contribution is 5.63.